The lowest BCUT2D eigenvalue weighted by Crippen LogP contribution is -2.44. The number of carbonyl (C=O) groups is 3. The summed E-state index contributed by atoms with van der Waals surface area (Å²) in [7, 11) is 0. The van der Waals surface area contributed by atoms with Gasteiger partial charge in [-0.3, -0.25) is 4.79 Å². The van der Waals surface area contributed by atoms with Crippen molar-refractivity contribution in [2.45, 2.75) is 44.2 Å². The zero-order chi connectivity index (χ0) is 23.1. The quantitative estimate of drug-likeness (QED) is 0.491. The van der Waals surface area contributed by atoms with Crippen molar-refractivity contribution in [3.63, 3.8) is 0 Å². The van der Waals surface area contributed by atoms with Crippen LogP contribution in [0.15, 0.2) is 61.2 Å². The minimum absolute atomic E-state index is 0.0401. The highest BCUT2D eigenvalue weighted by Crippen LogP contribution is 2.44. The summed E-state index contributed by atoms with van der Waals surface area (Å²) in [5.74, 6) is -1.63. The molecule has 0 spiro atoms. The van der Waals surface area contributed by atoms with Gasteiger partial charge in [-0.25, -0.2) is 9.59 Å². The predicted molar refractivity (Wildman–Crippen MR) is 121 cm³/mol. The molecule has 1 aliphatic carbocycles. The number of alkyl carbamates (subject to hydrolysis) is 1. The van der Waals surface area contributed by atoms with Gasteiger partial charge >= 0.3 is 12.1 Å². The van der Waals surface area contributed by atoms with E-state index in [1.807, 2.05) is 43.3 Å². The van der Waals surface area contributed by atoms with Gasteiger partial charge in [0.1, 0.15) is 12.6 Å². The van der Waals surface area contributed by atoms with E-state index in [4.69, 9.17) is 9.84 Å². The van der Waals surface area contributed by atoms with Crippen LogP contribution >= 0.6 is 0 Å². The molecular weight excluding hydrogens is 408 g/mol. The summed E-state index contributed by atoms with van der Waals surface area (Å²) >= 11 is 0. The topological polar surface area (TPSA) is 105 Å². The van der Waals surface area contributed by atoms with Gasteiger partial charge < -0.3 is 20.5 Å². The number of carbonyl (C=O) groups excluding carboxylic acids is 2. The lowest BCUT2D eigenvalue weighted by atomic mass is 9.98. The van der Waals surface area contributed by atoms with Crippen molar-refractivity contribution in [3.8, 4) is 11.1 Å². The molecule has 1 aliphatic rings. The van der Waals surface area contributed by atoms with Gasteiger partial charge in [-0.1, -0.05) is 61.5 Å². The van der Waals surface area contributed by atoms with Crippen LogP contribution in [0, 0.1) is 0 Å². The van der Waals surface area contributed by atoms with Gasteiger partial charge in [0.2, 0.25) is 5.91 Å². The normalized spacial score (nSPS) is 13.9. The number of amides is 2. The first-order valence-electron chi connectivity index (χ1n) is 10.7. The van der Waals surface area contributed by atoms with Crippen molar-refractivity contribution < 1.29 is 24.2 Å². The number of aliphatic carboxylic acids is 1. The maximum absolute atomic E-state index is 12.4. The molecule has 2 amide bonds. The van der Waals surface area contributed by atoms with E-state index in [0.717, 1.165) is 22.3 Å². The number of hydrogen-bond acceptors (Lipinski definition) is 4. The maximum Gasteiger partial charge on any atom is 0.407 e. The van der Waals surface area contributed by atoms with Gasteiger partial charge in [-0.15, -0.1) is 6.58 Å². The molecule has 0 bridgehead atoms. The molecule has 0 fully saturated rings. The molecule has 0 heterocycles. The Labute approximate surface area is 187 Å². The highest BCUT2D eigenvalue weighted by atomic mass is 16.5. The SMILES string of the molecule is C=CCC(NC(=O)C[C@@H](CC)NC(=O)OCC1c2ccccc2-c2ccccc21)C(=O)O. The third-order valence-corrected chi connectivity index (χ3v) is 5.63. The summed E-state index contributed by atoms with van der Waals surface area (Å²) in [6.07, 6.45) is 1.41. The smallest absolute Gasteiger partial charge is 0.407 e. The Balaban J connectivity index is 1.56. The second-order valence-corrected chi connectivity index (χ2v) is 7.76. The van der Waals surface area contributed by atoms with Gasteiger partial charge in [-0.05, 0) is 35.1 Å². The summed E-state index contributed by atoms with van der Waals surface area (Å²) < 4.78 is 5.52. The minimum Gasteiger partial charge on any atom is -0.480 e. The van der Waals surface area contributed by atoms with Crippen molar-refractivity contribution in [2.24, 2.45) is 0 Å². The van der Waals surface area contributed by atoms with Gasteiger partial charge in [0.05, 0.1) is 0 Å². The third-order valence-electron chi connectivity index (χ3n) is 5.63. The average Bonchev–Trinajstić information content (AvgIpc) is 3.10. The second kappa shape index (κ2) is 10.6. The van der Waals surface area contributed by atoms with Crippen LogP contribution in [0.3, 0.4) is 0 Å². The molecule has 1 unspecified atom stereocenters. The Hall–Kier alpha value is -3.61. The van der Waals surface area contributed by atoms with Crippen molar-refractivity contribution in [1.29, 1.82) is 0 Å². The number of nitrogens with one attached hydrogen (secondary N) is 2. The lowest BCUT2D eigenvalue weighted by molar-refractivity contribution is -0.141. The lowest BCUT2D eigenvalue weighted by Gasteiger charge is -2.20. The van der Waals surface area contributed by atoms with Crippen LogP contribution in [0.1, 0.15) is 43.2 Å². The van der Waals surface area contributed by atoms with Crippen molar-refractivity contribution in [1.82, 2.24) is 10.6 Å². The first kappa shape index (κ1) is 23.1. The molecule has 3 rings (SSSR count). The number of hydrogen-bond donors (Lipinski definition) is 3. The number of rotatable bonds is 10. The number of benzene rings is 2. The van der Waals surface area contributed by atoms with E-state index < -0.39 is 30.1 Å². The standard InChI is InChI=1S/C25H28N2O5/c1-3-9-22(24(29)30)27-23(28)14-16(4-2)26-25(31)32-15-21-19-12-7-5-10-17(19)18-11-6-8-13-20(18)21/h3,5-8,10-13,16,21-22H,1,4,9,14-15H2,2H3,(H,26,31)(H,27,28)(H,29,30)/t16-,22?/m1/s1. The summed E-state index contributed by atoms with van der Waals surface area (Å²) in [6, 6.07) is 14.6. The van der Waals surface area contributed by atoms with Crippen LogP contribution in [-0.4, -0.2) is 41.8 Å². The fourth-order valence-electron chi connectivity index (χ4n) is 3.97. The average molecular weight is 437 g/mol. The second-order valence-electron chi connectivity index (χ2n) is 7.76. The molecule has 0 saturated heterocycles. The molecule has 168 valence electrons. The first-order chi connectivity index (χ1) is 15.4. The molecule has 32 heavy (non-hydrogen) atoms. The van der Waals surface area contributed by atoms with Gasteiger partial charge in [-0.2, -0.15) is 0 Å². The first-order valence-corrected chi connectivity index (χ1v) is 10.7. The summed E-state index contributed by atoms with van der Waals surface area (Å²) in [4.78, 5) is 35.9. The third kappa shape index (κ3) is 5.35. The molecule has 2 aromatic carbocycles. The molecule has 0 saturated carbocycles. The Kier molecular flexibility index (Phi) is 7.65. The Morgan fingerprint density at radius 1 is 1.06 bits per heavy atom. The fraction of sp³-hybridized carbons (Fsp3) is 0.320. The number of carboxylic acids is 1. The van der Waals surface area contributed by atoms with Crippen LogP contribution < -0.4 is 10.6 Å². The van der Waals surface area contributed by atoms with E-state index in [-0.39, 0.29) is 25.4 Å². The monoisotopic (exact) mass is 436 g/mol. The zero-order valence-electron chi connectivity index (χ0n) is 18.0. The summed E-state index contributed by atoms with van der Waals surface area (Å²) in [6.45, 7) is 5.52. The van der Waals surface area contributed by atoms with Crippen LogP contribution in [0.25, 0.3) is 11.1 Å². The van der Waals surface area contributed by atoms with Gasteiger partial charge in [0, 0.05) is 18.4 Å². The van der Waals surface area contributed by atoms with Crippen LogP contribution in [0.4, 0.5) is 4.79 Å². The molecule has 2 atom stereocenters. The largest absolute Gasteiger partial charge is 0.480 e. The van der Waals surface area contributed by atoms with E-state index in [9.17, 15) is 14.4 Å². The van der Waals surface area contributed by atoms with E-state index in [2.05, 4.69) is 29.3 Å². The number of fused-ring (bicyclic) bond motifs is 3. The van der Waals surface area contributed by atoms with Crippen molar-refractivity contribution in [2.75, 3.05) is 6.61 Å². The Morgan fingerprint density at radius 2 is 1.66 bits per heavy atom. The van der Waals surface area contributed by atoms with Crippen molar-refractivity contribution in [3.05, 3.63) is 72.3 Å². The number of ether oxygens (including phenoxy) is 1. The van der Waals surface area contributed by atoms with E-state index in [1.165, 1.54) is 6.08 Å². The zero-order valence-corrected chi connectivity index (χ0v) is 18.0. The predicted octanol–water partition coefficient (Wildman–Crippen LogP) is 3.84. The van der Waals surface area contributed by atoms with Gasteiger partial charge in [0.25, 0.3) is 0 Å². The minimum atomic E-state index is -1.13. The molecular formula is C25H28N2O5. The Morgan fingerprint density at radius 3 is 2.19 bits per heavy atom. The molecule has 0 aromatic heterocycles. The molecule has 7 nitrogen and oxygen atoms in total. The van der Waals surface area contributed by atoms with E-state index >= 15 is 0 Å². The highest BCUT2D eigenvalue weighted by Gasteiger charge is 2.29. The van der Waals surface area contributed by atoms with Crippen molar-refractivity contribution >= 4 is 18.0 Å². The summed E-state index contributed by atoms with van der Waals surface area (Å²) in [5, 5.41) is 14.3. The van der Waals surface area contributed by atoms with Crippen LogP contribution in [0.2, 0.25) is 0 Å². The molecule has 0 radical (unpaired) electrons. The highest BCUT2D eigenvalue weighted by molar-refractivity contribution is 5.84. The Bertz CT molecular complexity index is 958. The van der Waals surface area contributed by atoms with E-state index in [1.54, 1.807) is 0 Å². The van der Waals surface area contributed by atoms with Gasteiger partial charge in [0.15, 0.2) is 0 Å². The van der Waals surface area contributed by atoms with Crippen LogP contribution in [0.5, 0.6) is 0 Å². The molecule has 0 aliphatic heterocycles. The molecule has 3 N–H and O–H groups in total. The fourth-order valence-corrected chi connectivity index (χ4v) is 3.97. The number of carboxylic acid groups (broad SMARTS) is 1. The summed E-state index contributed by atoms with van der Waals surface area (Å²) in [5.41, 5.74) is 4.53. The maximum atomic E-state index is 12.4. The van der Waals surface area contributed by atoms with E-state index in [0.29, 0.717) is 6.42 Å². The van der Waals surface area contributed by atoms with Crippen LogP contribution in [-0.2, 0) is 14.3 Å². The molecule has 2 aromatic rings. The molecule has 7 heteroatoms.